The van der Waals surface area contributed by atoms with Gasteiger partial charge in [0, 0.05) is 42.6 Å². The molecule has 5 nitrogen and oxygen atoms in total. The van der Waals surface area contributed by atoms with Crippen LogP contribution in [0.3, 0.4) is 0 Å². The van der Waals surface area contributed by atoms with Crippen molar-refractivity contribution < 1.29 is 4.79 Å². The molecule has 43 heavy (non-hydrogen) atoms. The number of nitrogens with two attached hydrogens (primary N) is 1. The van der Waals surface area contributed by atoms with Gasteiger partial charge in [-0.05, 0) is 82.7 Å². The van der Waals surface area contributed by atoms with Crippen LogP contribution in [0.4, 0.5) is 5.69 Å². The van der Waals surface area contributed by atoms with E-state index < -0.39 is 0 Å². The molecule has 4 rings (SSSR count). The number of allylic oxidation sites excluding steroid dienone is 1. The standard InChI is InChI=1S/C37H47ClN4O/c1-26(23-37(3,4)5)29-13-14-32(19-28-11-15-33(38)16-12-28)35(22-29)42(25-36(43)40-18-17-39)24-27(2)41(6)34-20-30-9-7-8-10-31(30)21-34/h7-16,22,34H,1-2,17-21,23-25,39H2,3-6H3,(H,40,43). The Hall–Kier alpha value is -3.54. The monoisotopic (exact) mass is 598 g/mol. The van der Waals surface area contributed by atoms with Crippen LogP contribution in [0.1, 0.15) is 55.0 Å². The van der Waals surface area contributed by atoms with Crippen molar-refractivity contribution in [2.75, 3.05) is 38.1 Å². The minimum atomic E-state index is -0.0643. The summed E-state index contributed by atoms with van der Waals surface area (Å²) < 4.78 is 0. The number of halogens is 1. The average Bonchev–Trinajstić information content (AvgIpc) is 3.40. The molecule has 0 spiro atoms. The fourth-order valence-corrected chi connectivity index (χ4v) is 5.98. The van der Waals surface area contributed by atoms with Crippen LogP contribution < -0.4 is 16.0 Å². The van der Waals surface area contributed by atoms with Gasteiger partial charge in [-0.1, -0.05) is 94.1 Å². The zero-order valence-corrected chi connectivity index (χ0v) is 27.0. The summed E-state index contributed by atoms with van der Waals surface area (Å²) in [5, 5.41) is 3.68. The summed E-state index contributed by atoms with van der Waals surface area (Å²) in [5.41, 5.74) is 15.0. The molecule has 0 saturated carbocycles. The Kier molecular flexibility index (Phi) is 10.8. The molecule has 0 radical (unpaired) electrons. The SMILES string of the molecule is C=C(CC(C)(C)C)c1ccc(Cc2ccc(Cl)cc2)c(N(CC(=C)N(C)C2Cc3ccccc3C2)CC(=O)NCCN)c1. The number of anilines is 1. The lowest BCUT2D eigenvalue weighted by Gasteiger charge is -2.34. The first-order valence-electron chi connectivity index (χ1n) is 15.2. The van der Waals surface area contributed by atoms with Crippen LogP contribution in [0.2, 0.25) is 5.02 Å². The molecule has 0 heterocycles. The summed E-state index contributed by atoms with van der Waals surface area (Å²) >= 11 is 6.19. The van der Waals surface area contributed by atoms with Crippen molar-refractivity contribution in [3.8, 4) is 0 Å². The van der Waals surface area contributed by atoms with E-state index in [1.54, 1.807) is 0 Å². The molecule has 3 N–H and O–H groups in total. The first-order valence-corrected chi connectivity index (χ1v) is 15.6. The Labute approximate surface area is 263 Å². The Morgan fingerprint density at radius 3 is 2.26 bits per heavy atom. The molecule has 1 aliphatic rings. The van der Waals surface area contributed by atoms with Crippen LogP contribution in [0, 0.1) is 5.41 Å². The molecule has 1 aliphatic carbocycles. The number of fused-ring (bicyclic) bond motifs is 1. The van der Waals surface area contributed by atoms with Crippen molar-refractivity contribution in [1.82, 2.24) is 10.2 Å². The Balaban J connectivity index is 1.68. The number of nitrogens with zero attached hydrogens (tertiary/aromatic N) is 2. The van der Waals surface area contributed by atoms with Crippen LogP contribution in [0.15, 0.2) is 85.6 Å². The molecule has 0 unspecified atom stereocenters. The summed E-state index contributed by atoms with van der Waals surface area (Å²) in [6, 6.07) is 23.5. The summed E-state index contributed by atoms with van der Waals surface area (Å²) in [4.78, 5) is 17.6. The number of amides is 1. The molecule has 0 aromatic heterocycles. The zero-order chi connectivity index (χ0) is 31.1. The predicted octanol–water partition coefficient (Wildman–Crippen LogP) is 6.87. The minimum Gasteiger partial charge on any atom is -0.373 e. The molecule has 0 aliphatic heterocycles. The van der Waals surface area contributed by atoms with Gasteiger partial charge >= 0.3 is 0 Å². The second kappa shape index (κ2) is 14.3. The minimum absolute atomic E-state index is 0.0643. The van der Waals surface area contributed by atoms with E-state index in [0.29, 0.717) is 37.1 Å². The van der Waals surface area contributed by atoms with Gasteiger partial charge in [0.25, 0.3) is 0 Å². The summed E-state index contributed by atoms with van der Waals surface area (Å²) in [6.07, 6.45) is 3.57. The van der Waals surface area contributed by atoms with Crippen LogP contribution >= 0.6 is 11.6 Å². The topological polar surface area (TPSA) is 61.6 Å². The van der Waals surface area contributed by atoms with Gasteiger partial charge in [-0.2, -0.15) is 0 Å². The summed E-state index contributed by atoms with van der Waals surface area (Å²) in [7, 11) is 2.13. The molecule has 0 fully saturated rings. The number of rotatable bonds is 13. The highest BCUT2D eigenvalue weighted by atomic mass is 35.5. The number of benzene rings is 3. The van der Waals surface area contributed by atoms with E-state index in [1.165, 1.54) is 11.1 Å². The molecule has 3 aromatic rings. The fourth-order valence-electron chi connectivity index (χ4n) is 5.86. The second-order valence-electron chi connectivity index (χ2n) is 13.0. The third-order valence-electron chi connectivity index (χ3n) is 8.14. The fraction of sp³-hybridized carbons (Fsp3) is 0.378. The number of hydrogen-bond donors (Lipinski definition) is 2. The average molecular weight is 599 g/mol. The largest absolute Gasteiger partial charge is 0.373 e. The number of carbonyl (C=O) groups excluding carboxylic acids is 1. The highest BCUT2D eigenvalue weighted by Crippen LogP contribution is 2.34. The predicted molar refractivity (Wildman–Crippen MR) is 183 cm³/mol. The number of hydrogen-bond acceptors (Lipinski definition) is 4. The normalized spacial score (nSPS) is 13.0. The molecule has 228 valence electrons. The highest BCUT2D eigenvalue weighted by Gasteiger charge is 2.27. The van der Waals surface area contributed by atoms with Gasteiger partial charge in [0.05, 0.1) is 13.1 Å². The first-order chi connectivity index (χ1) is 20.4. The van der Waals surface area contributed by atoms with E-state index in [4.69, 9.17) is 17.3 Å². The quantitative estimate of drug-likeness (QED) is 0.225. The van der Waals surface area contributed by atoms with E-state index in [0.717, 1.165) is 52.9 Å². The third kappa shape index (κ3) is 8.98. The van der Waals surface area contributed by atoms with E-state index in [-0.39, 0.29) is 17.9 Å². The van der Waals surface area contributed by atoms with E-state index in [2.05, 4.69) is 111 Å². The van der Waals surface area contributed by atoms with Crippen molar-refractivity contribution in [3.05, 3.63) is 118 Å². The van der Waals surface area contributed by atoms with Crippen molar-refractivity contribution in [1.29, 1.82) is 0 Å². The number of nitrogens with one attached hydrogen (secondary N) is 1. The van der Waals surface area contributed by atoms with E-state index >= 15 is 0 Å². The maximum atomic E-state index is 13.2. The summed E-state index contributed by atoms with van der Waals surface area (Å²) in [5.74, 6) is -0.0643. The molecule has 0 atom stereocenters. The second-order valence-corrected chi connectivity index (χ2v) is 13.4. The van der Waals surface area contributed by atoms with Crippen molar-refractivity contribution >= 4 is 28.8 Å². The van der Waals surface area contributed by atoms with Gasteiger partial charge in [-0.3, -0.25) is 4.79 Å². The van der Waals surface area contributed by atoms with Gasteiger partial charge in [-0.25, -0.2) is 0 Å². The lowest BCUT2D eigenvalue weighted by atomic mass is 9.85. The molecular formula is C37H47ClN4O. The van der Waals surface area contributed by atoms with Crippen LogP contribution in [0.25, 0.3) is 5.57 Å². The van der Waals surface area contributed by atoms with Gasteiger partial charge < -0.3 is 20.9 Å². The van der Waals surface area contributed by atoms with Crippen LogP contribution in [0.5, 0.6) is 0 Å². The molecule has 0 bridgehead atoms. The maximum Gasteiger partial charge on any atom is 0.239 e. The molecule has 1 amide bonds. The molecule has 6 heteroatoms. The van der Waals surface area contributed by atoms with Gasteiger partial charge in [-0.15, -0.1) is 0 Å². The van der Waals surface area contributed by atoms with Gasteiger partial charge in [0.1, 0.15) is 0 Å². The molecular weight excluding hydrogens is 552 g/mol. The third-order valence-corrected chi connectivity index (χ3v) is 8.39. The van der Waals surface area contributed by atoms with Crippen LogP contribution in [-0.4, -0.2) is 50.1 Å². The summed E-state index contributed by atoms with van der Waals surface area (Å²) in [6.45, 7) is 17.2. The van der Waals surface area contributed by atoms with Crippen molar-refractivity contribution in [2.45, 2.75) is 52.5 Å². The Bertz CT molecular complexity index is 1410. The molecule has 0 saturated heterocycles. The lowest BCUT2D eigenvalue weighted by Crippen LogP contribution is -2.43. The number of carbonyl (C=O) groups is 1. The van der Waals surface area contributed by atoms with E-state index in [1.807, 2.05) is 12.1 Å². The van der Waals surface area contributed by atoms with Gasteiger partial charge in [0.2, 0.25) is 5.91 Å². The van der Waals surface area contributed by atoms with Gasteiger partial charge in [0.15, 0.2) is 0 Å². The van der Waals surface area contributed by atoms with E-state index in [9.17, 15) is 4.79 Å². The van der Waals surface area contributed by atoms with Crippen LogP contribution in [-0.2, 0) is 24.1 Å². The Morgan fingerprint density at radius 1 is 1.00 bits per heavy atom. The Morgan fingerprint density at radius 2 is 1.65 bits per heavy atom. The zero-order valence-electron chi connectivity index (χ0n) is 26.3. The van der Waals surface area contributed by atoms with Crippen molar-refractivity contribution in [2.24, 2.45) is 11.1 Å². The first kappa shape index (κ1) is 32.4. The van der Waals surface area contributed by atoms with Crippen molar-refractivity contribution in [3.63, 3.8) is 0 Å². The number of likely N-dealkylation sites (N-methyl/N-ethyl adjacent to an activating group) is 1. The lowest BCUT2D eigenvalue weighted by molar-refractivity contribution is -0.119. The highest BCUT2D eigenvalue weighted by molar-refractivity contribution is 6.30. The molecule has 3 aromatic carbocycles. The smallest absolute Gasteiger partial charge is 0.239 e. The maximum absolute atomic E-state index is 13.2.